The van der Waals surface area contributed by atoms with Gasteiger partial charge in [-0.05, 0) is 37.3 Å². The van der Waals surface area contributed by atoms with Crippen LogP contribution in [0.2, 0.25) is 0 Å². The van der Waals surface area contributed by atoms with Gasteiger partial charge in [-0.2, -0.15) is 8.78 Å². The summed E-state index contributed by atoms with van der Waals surface area (Å²) in [6.07, 6.45) is -0.457. The zero-order valence-electron chi connectivity index (χ0n) is 21.2. The summed E-state index contributed by atoms with van der Waals surface area (Å²) in [6, 6.07) is 7.88. The highest BCUT2D eigenvalue weighted by Gasteiger charge is 2.44. The summed E-state index contributed by atoms with van der Waals surface area (Å²) < 4.78 is 62.6. The van der Waals surface area contributed by atoms with Gasteiger partial charge < -0.3 is 24.0 Å². The molecule has 5 rings (SSSR count). The van der Waals surface area contributed by atoms with Crippen LogP contribution in [0.15, 0.2) is 36.4 Å². The van der Waals surface area contributed by atoms with Crippen LogP contribution in [0.25, 0.3) is 11.0 Å². The van der Waals surface area contributed by atoms with E-state index in [0.717, 1.165) is 4.90 Å². The van der Waals surface area contributed by atoms with E-state index >= 15 is 0 Å². The number of fused-ring (bicyclic) bond motifs is 9. The first kappa shape index (κ1) is 18.9. The van der Waals surface area contributed by atoms with Crippen molar-refractivity contribution in [3.05, 3.63) is 58.9 Å². The maximum Gasteiger partial charge on any atom is 0.387 e. The third-order valence-corrected chi connectivity index (χ3v) is 5.92. The molecule has 1 N–H and O–H groups in total. The number of aliphatic hydroxyl groups excluding tert-OH is 1. The maximum absolute atomic E-state index is 13.4. The van der Waals surface area contributed by atoms with E-state index in [0.29, 0.717) is 22.4 Å². The molecule has 7 nitrogen and oxygen atoms in total. The molecule has 2 bridgehead atoms. The lowest BCUT2D eigenvalue weighted by atomic mass is 9.97. The lowest BCUT2D eigenvalue weighted by molar-refractivity contribution is -0.0507. The first-order valence-electron chi connectivity index (χ1n) is 12.2. The lowest BCUT2D eigenvalue weighted by Gasteiger charge is -2.24. The molecular weight excluding hydrogens is 444 g/mol. The molecule has 0 aliphatic carbocycles. The van der Waals surface area contributed by atoms with E-state index in [1.807, 2.05) is 0 Å². The van der Waals surface area contributed by atoms with E-state index in [1.54, 1.807) is 29.7 Å². The molecule has 34 heavy (non-hydrogen) atoms. The fraction of sp³-hybridized carbons (Fsp3) is 0.360. The van der Waals surface area contributed by atoms with E-state index in [4.69, 9.17) is 13.6 Å². The van der Waals surface area contributed by atoms with Crippen LogP contribution in [0.4, 0.5) is 8.78 Å². The highest BCUT2D eigenvalue weighted by atomic mass is 19.3. The Hall–Kier alpha value is -3.48. The van der Waals surface area contributed by atoms with Crippen molar-refractivity contribution in [1.29, 1.82) is 0 Å². The van der Waals surface area contributed by atoms with Gasteiger partial charge in [0, 0.05) is 34.2 Å². The van der Waals surface area contributed by atoms with E-state index < -0.39 is 37.7 Å². The van der Waals surface area contributed by atoms with Crippen molar-refractivity contribution in [1.82, 2.24) is 14.5 Å². The number of benzene rings is 2. The van der Waals surface area contributed by atoms with Gasteiger partial charge in [-0.15, -0.1) is 0 Å². The van der Waals surface area contributed by atoms with Gasteiger partial charge in [0.2, 0.25) is 0 Å². The summed E-state index contributed by atoms with van der Waals surface area (Å²) >= 11 is 0. The second-order valence-corrected chi connectivity index (χ2v) is 8.25. The van der Waals surface area contributed by atoms with E-state index in [-0.39, 0.29) is 36.5 Å². The Kier molecular flexibility index (Phi) is 4.84. The number of aromatic nitrogens is 2. The number of nitrogens with zero attached hydrogens (tertiary/aromatic N) is 3. The quantitative estimate of drug-likeness (QED) is 0.456. The minimum Gasteiger partial charge on any atom is -0.434 e. The predicted molar refractivity (Wildman–Crippen MR) is 120 cm³/mol. The van der Waals surface area contributed by atoms with Crippen molar-refractivity contribution in [2.45, 2.75) is 38.1 Å². The number of halogens is 2. The van der Waals surface area contributed by atoms with Gasteiger partial charge in [0.1, 0.15) is 18.2 Å². The van der Waals surface area contributed by atoms with Crippen molar-refractivity contribution in [2.24, 2.45) is 0 Å². The summed E-state index contributed by atoms with van der Waals surface area (Å²) in [5.41, 5.74) is 2.01. The second kappa shape index (κ2) is 8.70. The number of hydrogen-bond acceptors (Lipinski definition) is 5. The van der Waals surface area contributed by atoms with Gasteiger partial charge in [-0.3, -0.25) is 4.79 Å². The molecule has 2 aliphatic rings. The highest BCUT2D eigenvalue weighted by Crippen LogP contribution is 2.49. The molecule has 1 aromatic heterocycles. The molecular formula is C25H23F2N3O4. The fourth-order valence-electron chi connectivity index (χ4n) is 4.61. The first-order chi connectivity index (χ1) is 17.6. The number of ether oxygens (including phenoxy) is 2. The average molecular weight is 470 g/mol. The number of carbonyl (C=O) groups is 1. The molecule has 2 aromatic carbocycles. The standard InChI is InChI=1S/C25H23F2N3O4/c1-14(31)13-33-10-4-5-15-8-9-17-18(11-15)30-19-12-20(23(30)28-17)29(2)24(32)16-6-3-7-21(22(16)19)34-25(26)27/h3,6-9,11,14,19-20,25,31H,10,12-13H2,1-2H3/t14?,19-,20-/m1/s1/i2D3. The Morgan fingerprint density at radius 3 is 2.94 bits per heavy atom. The molecule has 9 heteroatoms. The zero-order chi connectivity index (χ0) is 26.5. The van der Waals surface area contributed by atoms with E-state index in [9.17, 15) is 18.7 Å². The van der Waals surface area contributed by atoms with Crippen LogP contribution in [0, 0.1) is 11.8 Å². The number of alkyl halides is 2. The predicted octanol–water partition coefficient (Wildman–Crippen LogP) is 3.51. The summed E-state index contributed by atoms with van der Waals surface area (Å²) in [5, 5.41) is 9.28. The Bertz CT molecular complexity index is 1430. The summed E-state index contributed by atoms with van der Waals surface area (Å²) in [6.45, 7) is -4.03. The Balaban J connectivity index is 1.65. The molecule has 0 fully saturated rings. The molecule has 3 aromatic rings. The Labute approximate surface area is 199 Å². The number of carbonyl (C=O) groups excluding carboxylic acids is 1. The number of rotatable bonds is 5. The fourth-order valence-corrected chi connectivity index (χ4v) is 4.61. The Morgan fingerprint density at radius 2 is 2.18 bits per heavy atom. The molecule has 3 heterocycles. The van der Waals surface area contributed by atoms with Crippen LogP contribution in [0.3, 0.4) is 0 Å². The van der Waals surface area contributed by atoms with E-state index in [1.165, 1.54) is 18.2 Å². The van der Waals surface area contributed by atoms with Crippen LogP contribution in [-0.2, 0) is 4.74 Å². The smallest absolute Gasteiger partial charge is 0.387 e. The first-order valence-corrected chi connectivity index (χ1v) is 10.7. The third kappa shape index (κ3) is 3.79. The van der Waals surface area contributed by atoms with Crippen molar-refractivity contribution >= 4 is 16.9 Å². The molecule has 2 aliphatic heterocycles. The summed E-state index contributed by atoms with van der Waals surface area (Å²) in [5.74, 6) is 5.24. The lowest BCUT2D eigenvalue weighted by Crippen LogP contribution is -2.30. The summed E-state index contributed by atoms with van der Waals surface area (Å²) in [4.78, 5) is 18.9. The largest absolute Gasteiger partial charge is 0.434 e. The van der Waals surface area contributed by atoms with Gasteiger partial charge in [0.05, 0.1) is 35.8 Å². The highest BCUT2D eigenvalue weighted by molar-refractivity contribution is 5.97. The van der Waals surface area contributed by atoms with Crippen LogP contribution in [-0.4, -0.2) is 58.4 Å². The molecule has 1 amide bonds. The number of aliphatic hydroxyl groups is 1. The van der Waals surface area contributed by atoms with Crippen molar-refractivity contribution in [2.75, 3.05) is 20.2 Å². The molecule has 1 unspecified atom stereocenters. The van der Waals surface area contributed by atoms with Crippen molar-refractivity contribution < 1.29 is 32.3 Å². The molecule has 3 atom stereocenters. The number of amides is 1. The van der Waals surface area contributed by atoms with Gasteiger partial charge in [0.15, 0.2) is 0 Å². The second-order valence-electron chi connectivity index (χ2n) is 8.25. The maximum atomic E-state index is 13.4. The van der Waals surface area contributed by atoms with Crippen LogP contribution >= 0.6 is 0 Å². The normalized spacial score (nSPS) is 21.1. The molecule has 176 valence electrons. The zero-order valence-corrected chi connectivity index (χ0v) is 18.2. The summed E-state index contributed by atoms with van der Waals surface area (Å²) in [7, 11) is 0. The van der Waals surface area contributed by atoms with E-state index in [2.05, 4.69) is 16.8 Å². The molecule has 0 saturated carbocycles. The van der Waals surface area contributed by atoms with Crippen LogP contribution in [0.5, 0.6) is 5.75 Å². The molecule has 0 radical (unpaired) electrons. The number of imidazole rings is 1. The van der Waals surface area contributed by atoms with Gasteiger partial charge in [0.25, 0.3) is 5.91 Å². The van der Waals surface area contributed by atoms with Crippen molar-refractivity contribution in [3.8, 4) is 17.6 Å². The molecule has 0 saturated heterocycles. The minimum atomic E-state index is -3.13. The minimum absolute atomic E-state index is 0.000446. The van der Waals surface area contributed by atoms with Gasteiger partial charge >= 0.3 is 6.61 Å². The average Bonchev–Trinajstić information content (AvgIpc) is 3.30. The topological polar surface area (TPSA) is 76.8 Å². The Morgan fingerprint density at radius 1 is 1.32 bits per heavy atom. The van der Waals surface area contributed by atoms with Crippen molar-refractivity contribution in [3.63, 3.8) is 0 Å². The van der Waals surface area contributed by atoms with Gasteiger partial charge in [-0.1, -0.05) is 17.9 Å². The van der Waals surface area contributed by atoms with Crippen LogP contribution < -0.4 is 4.74 Å². The monoisotopic (exact) mass is 470 g/mol. The van der Waals surface area contributed by atoms with Gasteiger partial charge in [-0.25, -0.2) is 4.98 Å². The third-order valence-electron chi connectivity index (χ3n) is 5.92. The van der Waals surface area contributed by atoms with Crippen LogP contribution in [0.1, 0.15) is 56.8 Å². The molecule has 0 spiro atoms. The number of hydrogen-bond donors (Lipinski definition) is 1. The SMILES string of the molecule is [2H]C([2H])([2H])N1C(=O)c2cccc(OC(F)F)c2[C@H]2C[C@@H]1c1nc3ccc(C#CCOCC(C)O)cc3n12.